The number of rotatable bonds is 6. The summed E-state index contributed by atoms with van der Waals surface area (Å²) in [6.07, 6.45) is -4.48. The molecule has 0 fully saturated rings. The average molecular weight is 390 g/mol. The lowest BCUT2D eigenvalue weighted by molar-refractivity contribution is -0.137. The highest BCUT2D eigenvalue weighted by Crippen LogP contribution is 2.31. The Labute approximate surface area is 159 Å². The molecule has 1 aromatic heterocycles. The zero-order chi connectivity index (χ0) is 20.1. The maximum absolute atomic E-state index is 13.0. The summed E-state index contributed by atoms with van der Waals surface area (Å²) in [5.74, 6) is -0.168. The standard InChI is InChI=1S/C20H17F3N2O3/c1-27-12-17(14-8-5-9-15(10-14)20(21,22)23)24-19(26)16-11-18(28-25-16)13-6-3-2-4-7-13/h2-11,17H,12H2,1H3,(H,24,26). The lowest BCUT2D eigenvalue weighted by Gasteiger charge is -2.19. The predicted molar refractivity (Wildman–Crippen MR) is 95.5 cm³/mol. The van der Waals surface area contributed by atoms with Gasteiger partial charge in [-0.05, 0) is 17.7 Å². The highest BCUT2D eigenvalue weighted by atomic mass is 19.4. The van der Waals surface area contributed by atoms with Gasteiger partial charge in [-0.1, -0.05) is 47.6 Å². The Morgan fingerprint density at radius 2 is 1.89 bits per heavy atom. The number of amides is 1. The first-order chi connectivity index (χ1) is 13.4. The Morgan fingerprint density at radius 1 is 1.14 bits per heavy atom. The number of methoxy groups -OCH3 is 1. The van der Waals surface area contributed by atoms with E-state index in [1.165, 1.54) is 25.3 Å². The first-order valence-corrected chi connectivity index (χ1v) is 8.37. The summed E-state index contributed by atoms with van der Waals surface area (Å²) in [6.45, 7) is -0.00353. The maximum Gasteiger partial charge on any atom is 0.416 e. The lowest BCUT2D eigenvalue weighted by Crippen LogP contribution is -2.31. The molecule has 1 amide bonds. The molecule has 2 aromatic carbocycles. The minimum Gasteiger partial charge on any atom is -0.382 e. The van der Waals surface area contributed by atoms with E-state index in [0.717, 1.165) is 17.7 Å². The van der Waals surface area contributed by atoms with Crippen molar-refractivity contribution in [2.45, 2.75) is 12.2 Å². The summed E-state index contributed by atoms with van der Waals surface area (Å²) in [5.41, 5.74) is 0.247. The van der Waals surface area contributed by atoms with E-state index in [4.69, 9.17) is 9.26 Å². The summed E-state index contributed by atoms with van der Waals surface area (Å²) >= 11 is 0. The molecule has 5 nitrogen and oxygen atoms in total. The van der Waals surface area contributed by atoms with Crippen molar-refractivity contribution >= 4 is 5.91 Å². The highest BCUT2D eigenvalue weighted by Gasteiger charge is 2.31. The molecular weight excluding hydrogens is 373 g/mol. The van der Waals surface area contributed by atoms with Crippen LogP contribution in [0.4, 0.5) is 13.2 Å². The summed E-state index contributed by atoms with van der Waals surface area (Å²) in [7, 11) is 1.40. The largest absolute Gasteiger partial charge is 0.416 e. The van der Waals surface area contributed by atoms with Gasteiger partial charge in [0.2, 0.25) is 0 Å². The van der Waals surface area contributed by atoms with Crippen molar-refractivity contribution in [3.63, 3.8) is 0 Å². The number of nitrogens with zero attached hydrogens (tertiary/aromatic N) is 1. The lowest BCUT2D eigenvalue weighted by atomic mass is 10.0. The molecule has 8 heteroatoms. The fraction of sp³-hybridized carbons (Fsp3) is 0.200. The van der Waals surface area contributed by atoms with Gasteiger partial charge in [0, 0.05) is 18.7 Å². The molecule has 28 heavy (non-hydrogen) atoms. The van der Waals surface area contributed by atoms with Gasteiger partial charge in [-0.25, -0.2) is 0 Å². The predicted octanol–water partition coefficient (Wildman–Crippen LogP) is 4.48. The van der Waals surface area contributed by atoms with Crippen molar-refractivity contribution in [1.29, 1.82) is 0 Å². The van der Waals surface area contributed by atoms with E-state index in [-0.39, 0.29) is 17.9 Å². The number of alkyl halides is 3. The minimum atomic E-state index is -4.48. The Hall–Kier alpha value is -3.13. The monoisotopic (exact) mass is 390 g/mol. The third kappa shape index (κ3) is 4.58. The first-order valence-electron chi connectivity index (χ1n) is 8.37. The van der Waals surface area contributed by atoms with Gasteiger partial charge in [-0.3, -0.25) is 4.79 Å². The van der Waals surface area contributed by atoms with E-state index < -0.39 is 23.7 Å². The van der Waals surface area contributed by atoms with Crippen LogP contribution in [0.3, 0.4) is 0 Å². The van der Waals surface area contributed by atoms with Crippen molar-refractivity contribution in [2.24, 2.45) is 0 Å². The molecule has 0 aliphatic heterocycles. The number of hydrogen-bond acceptors (Lipinski definition) is 4. The Bertz CT molecular complexity index is 939. The number of halogens is 3. The Morgan fingerprint density at radius 3 is 2.57 bits per heavy atom. The van der Waals surface area contributed by atoms with E-state index in [1.807, 2.05) is 18.2 Å². The van der Waals surface area contributed by atoms with Crippen LogP contribution in [0.15, 0.2) is 65.2 Å². The van der Waals surface area contributed by atoms with E-state index in [1.54, 1.807) is 12.1 Å². The second-order valence-electron chi connectivity index (χ2n) is 6.05. The van der Waals surface area contributed by atoms with Crippen LogP contribution in [0.5, 0.6) is 0 Å². The zero-order valence-electron chi connectivity index (χ0n) is 14.9. The molecule has 0 aliphatic carbocycles. The molecule has 0 radical (unpaired) electrons. The van der Waals surface area contributed by atoms with E-state index in [2.05, 4.69) is 10.5 Å². The molecule has 0 bridgehead atoms. The van der Waals surface area contributed by atoms with Gasteiger partial charge in [0.15, 0.2) is 11.5 Å². The topological polar surface area (TPSA) is 64.4 Å². The van der Waals surface area contributed by atoms with Crippen molar-refractivity contribution in [1.82, 2.24) is 10.5 Å². The third-order valence-corrected chi connectivity index (χ3v) is 4.06. The summed E-state index contributed by atoms with van der Waals surface area (Å²) in [4.78, 5) is 12.5. The van der Waals surface area contributed by atoms with Crippen LogP contribution in [-0.2, 0) is 10.9 Å². The average Bonchev–Trinajstić information content (AvgIpc) is 3.18. The van der Waals surface area contributed by atoms with Gasteiger partial charge in [0.05, 0.1) is 18.2 Å². The smallest absolute Gasteiger partial charge is 0.382 e. The molecule has 0 saturated carbocycles. The van der Waals surface area contributed by atoms with Gasteiger partial charge in [0.25, 0.3) is 5.91 Å². The molecule has 0 spiro atoms. The van der Waals surface area contributed by atoms with Crippen LogP contribution in [-0.4, -0.2) is 24.8 Å². The summed E-state index contributed by atoms with van der Waals surface area (Å²) in [6, 6.07) is 14.5. The number of nitrogens with one attached hydrogen (secondary N) is 1. The molecule has 146 valence electrons. The summed E-state index contributed by atoms with van der Waals surface area (Å²) in [5, 5.41) is 6.39. The van der Waals surface area contributed by atoms with Crippen LogP contribution in [0.25, 0.3) is 11.3 Å². The highest BCUT2D eigenvalue weighted by molar-refractivity contribution is 5.93. The number of aromatic nitrogens is 1. The zero-order valence-corrected chi connectivity index (χ0v) is 14.9. The van der Waals surface area contributed by atoms with E-state index in [0.29, 0.717) is 5.76 Å². The van der Waals surface area contributed by atoms with E-state index >= 15 is 0 Å². The summed E-state index contributed by atoms with van der Waals surface area (Å²) < 4.78 is 49.2. The third-order valence-electron chi connectivity index (χ3n) is 4.06. The van der Waals surface area contributed by atoms with Gasteiger partial charge in [-0.2, -0.15) is 13.2 Å². The number of carbonyl (C=O) groups excluding carboxylic acids is 1. The SMILES string of the molecule is COCC(NC(=O)c1cc(-c2ccccc2)on1)c1cccc(C(F)(F)F)c1. The van der Waals surface area contributed by atoms with Gasteiger partial charge < -0.3 is 14.6 Å². The van der Waals surface area contributed by atoms with Crippen molar-refractivity contribution < 1.29 is 27.2 Å². The number of hydrogen-bond donors (Lipinski definition) is 1. The number of carbonyl (C=O) groups is 1. The van der Waals surface area contributed by atoms with Crippen molar-refractivity contribution in [2.75, 3.05) is 13.7 Å². The quantitative estimate of drug-likeness (QED) is 0.674. The molecule has 1 N–H and O–H groups in total. The molecule has 0 saturated heterocycles. The van der Waals surface area contributed by atoms with Crippen LogP contribution < -0.4 is 5.32 Å². The Kier molecular flexibility index (Phi) is 5.79. The van der Waals surface area contributed by atoms with Crippen LogP contribution in [0, 0.1) is 0 Å². The number of benzene rings is 2. The first kappa shape index (κ1) is 19.6. The molecule has 0 aliphatic rings. The van der Waals surface area contributed by atoms with Gasteiger partial charge in [0.1, 0.15) is 0 Å². The van der Waals surface area contributed by atoms with Gasteiger partial charge in [-0.15, -0.1) is 0 Å². The molecule has 3 aromatic rings. The van der Waals surface area contributed by atoms with Crippen molar-refractivity contribution in [3.05, 3.63) is 77.5 Å². The fourth-order valence-electron chi connectivity index (χ4n) is 2.67. The van der Waals surface area contributed by atoms with Crippen LogP contribution in [0.2, 0.25) is 0 Å². The van der Waals surface area contributed by atoms with E-state index in [9.17, 15) is 18.0 Å². The van der Waals surface area contributed by atoms with Crippen molar-refractivity contribution in [3.8, 4) is 11.3 Å². The Balaban J connectivity index is 1.80. The minimum absolute atomic E-state index is 0.00353. The van der Waals surface area contributed by atoms with Crippen LogP contribution >= 0.6 is 0 Å². The van der Waals surface area contributed by atoms with Gasteiger partial charge >= 0.3 is 6.18 Å². The molecule has 1 unspecified atom stereocenters. The van der Waals surface area contributed by atoms with Crippen LogP contribution in [0.1, 0.15) is 27.7 Å². The number of ether oxygens (including phenoxy) is 1. The molecule has 3 rings (SSSR count). The maximum atomic E-state index is 13.0. The second kappa shape index (κ2) is 8.26. The fourth-order valence-corrected chi connectivity index (χ4v) is 2.67. The molecular formula is C20H17F3N2O3. The molecule has 1 heterocycles. The normalized spacial score (nSPS) is 12.6. The molecule has 1 atom stereocenters. The second-order valence-corrected chi connectivity index (χ2v) is 6.05.